The molecule has 1 saturated heterocycles. The largest absolute Gasteiger partial charge is 0.472 e. The van der Waals surface area contributed by atoms with Gasteiger partial charge in [0.2, 0.25) is 0 Å². The summed E-state index contributed by atoms with van der Waals surface area (Å²) in [7, 11) is -2.81. The van der Waals surface area contributed by atoms with E-state index in [0.29, 0.717) is 30.6 Å². The summed E-state index contributed by atoms with van der Waals surface area (Å²) in [6.45, 7) is 1.21. The van der Waals surface area contributed by atoms with E-state index in [1.54, 1.807) is 12.5 Å². The van der Waals surface area contributed by atoms with Gasteiger partial charge in [-0.25, -0.2) is 13.4 Å². The standard InChI is InChI=1S/C14H21N3O3S/c18-21(19)6-4-12(10-21)8-16-14(17-13-1-2-13)15-7-11-3-5-20-9-11/h3,5,9,12-13H,1-2,4,6-8,10H2,(H2,15,16,17). The molecule has 1 aromatic rings. The molecular formula is C14H21N3O3S. The van der Waals surface area contributed by atoms with Crippen molar-refractivity contribution in [1.82, 2.24) is 10.6 Å². The van der Waals surface area contributed by atoms with Gasteiger partial charge in [-0.15, -0.1) is 0 Å². The van der Waals surface area contributed by atoms with Crippen molar-refractivity contribution in [2.24, 2.45) is 10.9 Å². The molecule has 1 unspecified atom stereocenters. The lowest BCUT2D eigenvalue weighted by Gasteiger charge is -2.14. The van der Waals surface area contributed by atoms with Gasteiger partial charge in [0.15, 0.2) is 15.8 Å². The van der Waals surface area contributed by atoms with E-state index >= 15 is 0 Å². The van der Waals surface area contributed by atoms with Gasteiger partial charge in [0.25, 0.3) is 0 Å². The van der Waals surface area contributed by atoms with Crippen LogP contribution in [0.25, 0.3) is 0 Å². The molecule has 6 nitrogen and oxygen atoms in total. The molecule has 0 radical (unpaired) electrons. The summed E-state index contributed by atoms with van der Waals surface area (Å²) in [5, 5.41) is 6.63. The Balaban J connectivity index is 1.53. The van der Waals surface area contributed by atoms with Crippen LogP contribution in [0.3, 0.4) is 0 Å². The van der Waals surface area contributed by atoms with Crippen LogP contribution in [0.1, 0.15) is 24.8 Å². The molecule has 2 heterocycles. The van der Waals surface area contributed by atoms with Gasteiger partial charge in [-0.05, 0) is 31.2 Å². The Kier molecular flexibility index (Phi) is 4.19. The highest BCUT2D eigenvalue weighted by molar-refractivity contribution is 7.91. The maximum absolute atomic E-state index is 11.5. The number of nitrogens with zero attached hydrogens (tertiary/aromatic N) is 1. The third-order valence-electron chi connectivity index (χ3n) is 3.80. The number of rotatable bonds is 5. The molecule has 1 aromatic heterocycles. The van der Waals surface area contributed by atoms with Crippen LogP contribution in [-0.4, -0.2) is 38.5 Å². The molecule has 2 aliphatic rings. The molecule has 7 heteroatoms. The van der Waals surface area contributed by atoms with Crippen LogP contribution >= 0.6 is 0 Å². The Morgan fingerprint density at radius 1 is 1.38 bits per heavy atom. The number of hydrogen-bond acceptors (Lipinski definition) is 4. The van der Waals surface area contributed by atoms with E-state index in [1.807, 2.05) is 6.07 Å². The normalized spacial score (nSPS) is 25.0. The van der Waals surface area contributed by atoms with E-state index in [9.17, 15) is 8.42 Å². The second kappa shape index (κ2) is 6.09. The van der Waals surface area contributed by atoms with Crippen LogP contribution in [0, 0.1) is 5.92 Å². The zero-order valence-corrected chi connectivity index (χ0v) is 12.7. The number of sulfone groups is 1. The average Bonchev–Trinajstić information content (AvgIpc) is 2.97. The first-order valence-electron chi connectivity index (χ1n) is 7.37. The van der Waals surface area contributed by atoms with Gasteiger partial charge in [0.05, 0.1) is 30.6 Å². The Morgan fingerprint density at radius 3 is 2.86 bits per heavy atom. The van der Waals surface area contributed by atoms with E-state index in [-0.39, 0.29) is 5.92 Å². The van der Waals surface area contributed by atoms with Crippen LogP contribution in [0.15, 0.2) is 28.0 Å². The fraction of sp³-hybridized carbons (Fsp3) is 0.643. The summed E-state index contributed by atoms with van der Waals surface area (Å²) >= 11 is 0. The maximum Gasteiger partial charge on any atom is 0.191 e. The van der Waals surface area contributed by atoms with Crippen molar-refractivity contribution >= 4 is 15.8 Å². The summed E-state index contributed by atoms with van der Waals surface area (Å²) in [4.78, 5) is 4.53. The van der Waals surface area contributed by atoms with Crippen LogP contribution in [-0.2, 0) is 16.4 Å². The van der Waals surface area contributed by atoms with E-state index in [4.69, 9.17) is 4.42 Å². The fourth-order valence-electron chi connectivity index (χ4n) is 2.40. The lowest BCUT2D eigenvalue weighted by Crippen LogP contribution is -2.41. The molecule has 0 bridgehead atoms. The van der Waals surface area contributed by atoms with Crippen molar-refractivity contribution < 1.29 is 12.8 Å². The van der Waals surface area contributed by atoms with Crippen molar-refractivity contribution in [1.29, 1.82) is 0 Å². The quantitative estimate of drug-likeness (QED) is 0.624. The summed E-state index contributed by atoms with van der Waals surface area (Å²) in [6, 6.07) is 2.40. The highest BCUT2D eigenvalue weighted by Gasteiger charge is 2.28. The van der Waals surface area contributed by atoms with E-state index in [2.05, 4.69) is 15.6 Å². The van der Waals surface area contributed by atoms with Gasteiger partial charge in [0.1, 0.15) is 0 Å². The molecule has 1 atom stereocenters. The van der Waals surface area contributed by atoms with Crippen LogP contribution in [0.4, 0.5) is 0 Å². The molecule has 1 saturated carbocycles. The number of nitrogens with one attached hydrogen (secondary N) is 2. The minimum atomic E-state index is -2.81. The Morgan fingerprint density at radius 2 is 2.24 bits per heavy atom. The number of hydrogen-bond donors (Lipinski definition) is 2. The summed E-state index contributed by atoms with van der Waals surface area (Å²) in [6.07, 6.45) is 6.40. The van der Waals surface area contributed by atoms with Crippen molar-refractivity contribution in [2.75, 3.05) is 18.1 Å². The van der Waals surface area contributed by atoms with Gasteiger partial charge in [-0.1, -0.05) is 0 Å². The lowest BCUT2D eigenvalue weighted by atomic mass is 10.1. The molecule has 1 aliphatic carbocycles. The molecule has 21 heavy (non-hydrogen) atoms. The molecule has 0 aromatic carbocycles. The van der Waals surface area contributed by atoms with E-state index in [0.717, 1.165) is 17.9 Å². The van der Waals surface area contributed by atoms with Crippen molar-refractivity contribution in [3.05, 3.63) is 24.2 Å². The zero-order valence-electron chi connectivity index (χ0n) is 11.9. The van der Waals surface area contributed by atoms with Gasteiger partial charge in [-0.3, -0.25) is 0 Å². The minimum absolute atomic E-state index is 0.190. The van der Waals surface area contributed by atoms with Crippen molar-refractivity contribution in [2.45, 2.75) is 31.8 Å². The van der Waals surface area contributed by atoms with Crippen LogP contribution < -0.4 is 10.6 Å². The van der Waals surface area contributed by atoms with Gasteiger partial charge < -0.3 is 15.1 Å². The second-order valence-electron chi connectivity index (χ2n) is 5.87. The predicted molar refractivity (Wildman–Crippen MR) is 80.8 cm³/mol. The monoisotopic (exact) mass is 311 g/mol. The predicted octanol–water partition coefficient (Wildman–Crippen LogP) is 0.912. The lowest BCUT2D eigenvalue weighted by molar-refractivity contribution is 0.562. The summed E-state index contributed by atoms with van der Waals surface area (Å²) in [5.74, 6) is 1.56. The number of guanidine groups is 1. The first kappa shape index (κ1) is 14.4. The number of aliphatic imine (C=N–C) groups is 1. The van der Waals surface area contributed by atoms with E-state index in [1.165, 1.54) is 12.8 Å². The first-order valence-corrected chi connectivity index (χ1v) is 9.19. The van der Waals surface area contributed by atoms with Crippen molar-refractivity contribution in [3.8, 4) is 0 Å². The number of furan rings is 1. The molecular weight excluding hydrogens is 290 g/mol. The summed E-state index contributed by atoms with van der Waals surface area (Å²) < 4.78 is 28.0. The molecule has 1 aliphatic heterocycles. The molecule has 0 spiro atoms. The van der Waals surface area contributed by atoms with Gasteiger partial charge in [-0.2, -0.15) is 0 Å². The van der Waals surface area contributed by atoms with Gasteiger partial charge in [0, 0.05) is 18.2 Å². The fourth-order valence-corrected chi connectivity index (χ4v) is 4.26. The molecule has 2 N–H and O–H groups in total. The topological polar surface area (TPSA) is 83.7 Å². The smallest absolute Gasteiger partial charge is 0.191 e. The zero-order chi connectivity index (χ0) is 14.7. The molecule has 3 rings (SSSR count). The Bertz CT molecular complexity index is 591. The highest BCUT2D eigenvalue weighted by atomic mass is 32.2. The summed E-state index contributed by atoms with van der Waals surface area (Å²) in [5.41, 5.74) is 1.02. The van der Waals surface area contributed by atoms with E-state index < -0.39 is 9.84 Å². The molecule has 0 amide bonds. The SMILES string of the molecule is O=S1(=O)CCC(CNC(=NCc2ccoc2)NC2CC2)C1. The Hall–Kier alpha value is -1.50. The Labute approximate surface area is 124 Å². The van der Waals surface area contributed by atoms with Crippen LogP contribution in [0.2, 0.25) is 0 Å². The third-order valence-corrected chi connectivity index (χ3v) is 5.64. The third kappa shape index (κ3) is 4.49. The van der Waals surface area contributed by atoms with Gasteiger partial charge >= 0.3 is 0 Å². The second-order valence-corrected chi connectivity index (χ2v) is 8.09. The van der Waals surface area contributed by atoms with Crippen LogP contribution in [0.5, 0.6) is 0 Å². The molecule has 116 valence electrons. The highest BCUT2D eigenvalue weighted by Crippen LogP contribution is 2.19. The average molecular weight is 311 g/mol. The first-order chi connectivity index (χ1) is 10.1. The van der Waals surface area contributed by atoms with Crippen molar-refractivity contribution in [3.63, 3.8) is 0 Å². The molecule has 2 fully saturated rings. The maximum atomic E-state index is 11.5. The minimum Gasteiger partial charge on any atom is -0.472 e.